The second kappa shape index (κ2) is 4.63. The molecule has 0 aromatic carbocycles. The largest absolute Gasteiger partial charge is 0.394 e. The second-order valence-electron chi connectivity index (χ2n) is 1.47. The van der Waals surface area contributed by atoms with Crippen molar-refractivity contribution in [2.24, 2.45) is 0 Å². The molecule has 0 fully saturated rings. The minimum Gasteiger partial charge on any atom is -0.394 e. The van der Waals surface area contributed by atoms with Crippen LogP contribution in [0, 0.1) is 11.8 Å². The van der Waals surface area contributed by atoms with E-state index in [0.717, 1.165) is 0 Å². The molecular formula is C6H10O2. The SMILES string of the molecule is CC#CCC(O)CO. The number of aliphatic hydroxyl groups excluding tert-OH is 2. The van der Waals surface area contributed by atoms with Crippen LogP contribution in [0.3, 0.4) is 0 Å². The first-order chi connectivity index (χ1) is 3.81. The molecule has 0 aliphatic rings. The van der Waals surface area contributed by atoms with Crippen LogP contribution in [0.4, 0.5) is 0 Å². The van der Waals surface area contributed by atoms with Gasteiger partial charge in [0.15, 0.2) is 0 Å². The van der Waals surface area contributed by atoms with E-state index in [4.69, 9.17) is 10.2 Å². The van der Waals surface area contributed by atoms with Crippen LogP contribution >= 0.6 is 0 Å². The summed E-state index contributed by atoms with van der Waals surface area (Å²) in [6, 6.07) is 0. The van der Waals surface area contributed by atoms with E-state index in [-0.39, 0.29) is 6.61 Å². The van der Waals surface area contributed by atoms with Gasteiger partial charge in [0.1, 0.15) is 0 Å². The number of hydrogen-bond donors (Lipinski definition) is 2. The van der Waals surface area contributed by atoms with Crippen LogP contribution in [-0.4, -0.2) is 22.9 Å². The molecule has 0 radical (unpaired) electrons. The van der Waals surface area contributed by atoms with E-state index in [2.05, 4.69) is 11.8 Å². The summed E-state index contributed by atoms with van der Waals surface area (Å²) in [6.45, 7) is 1.50. The van der Waals surface area contributed by atoms with E-state index in [9.17, 15) is 0 Å². The fraction of sp³-hybridized carbons (Fsp3) is 0.667. The quantitative estimate of drug-likeness (QED) is 0.486. The van der Waals surface area contributed by atoms with Crippen LogP contribution in [0.5, 0.6) is 0 Å². The maximum atomic E-state index is 8.64. The molecule has 0 rings (SSSR count). The van der Waals surface area contributed by atoms with Gasteiger partial charge in [-0.3, -0.25) is 0 Å². The monoisotopic (exact) mass is 114 g/mol. The van der Waals surface area contributed by atoms with Gasteiger partial charge in [-0.15, -0.1) is 11.8 Å². The molecule has 0 saturated carbocycles. The average Bonchev–Trinajstić information content (AvgIpc) is 1.83. The lowest BCUT2D eigenvalue weighted by atomic mass is 10.3. The van der Waals surface area contributed by atoms with Gasteiger partial charge < -0.3 is 10.2 Å². The molecule has 1 atom stereocenters. The van der Waals surface area contributed by atoms with Crippen molar-refractivity contribution in [1.82, 2.24) is 0 Å². The molecule has 46 valence electrons. The van der Waals surface area contributed by atoms with E-state index < -0.39 is 6.10 Å². The Bertz CT molecular complexity index is 98.8. The van der Waals surface area contributed by atoms with Crippen LogP contribution in [0.1, 0.15) is 13.3 Å². The second-order valence-corrected chi connectivity index (χ2v) is 1.47. The number of aliphatic hydroxyl groups is 2. The minimum atomic E-state index is -0.664. The Kier molecular flexibility index (Phi) is 4.33. The van der Waals surface area contributed by atoms with Gasteiger partial charge in [-0.2, -0.15) is 0 Å². The lowest BCUT2D eigenvalue weighted by molar-refractivity contribution is 0.0992. The van der Waals surface area contributed by atoms with Crippen LogP contribution in [0.25, 0.3) is 0 Å². The molecule has 0 saturated heterocycles. The van der Waals surface area contributed by atoms with Gasteiger partial charge in [0, 0.05) is 6.42 Å². The summed E-state index contributed by atoms with van der Waals surface area (Å²) < 4.78 is 0. The van der Waals surface area contributed by atoms with Crippen molar-refractivity contribution in [3.8, 4) is 11.8 Å². The lowest BCUT2D eigenvalue weighted by Gasteiger charge is -1.97. The van der Waals surface area contributed by atoms with Gasteiger partial charge in [-0.25, -0.2) is 0 Å². The molecule has 2 heteroatoms. The number of rotatable bonds is 2. The third-order valence-corrected chi connectivity index (χ3v) is 0.725. The molecule has 8 heavy (non-hydrogen) atoms. The summed E-state index contributed by atoms with van der Waals surface area (Å²) in [6.07, 6.45) is -0.296. The van der Waals surface area contributed by atoms with Gasteiger partial charge >= 0.3 is 0 Å². The summed E-state index contributed by atoms with van der Waals surface area (Å²) in [4.78, 5) is 0. The fourth-order valence-electron chi connectivity index (χ4n) is 0.284. The lowest BCUT2D eigenvalue weighted by Crippen LogP contribution is -2.09. The fourth-order valence-corrected chi connectivity index (χ4v) is 0.284. The first kappa shape index (κ1) is 7.48. The van der Waals surface area contributed by atoms with Crippen molar-refractivity contribution in [2.75, 3.05) is 6.61 Å². The van der Waals surface area contributed by atoms with Gasteiger partial charge in [0.2, 0.25) is 0 Å². The maximum Gasteiger partial charge on any atom is 0.0879 e. The molecule has 2 nitrogen and oxygen atoms in total. The molecule has 0 aromatic heterocycles. The minimum absolute atomic E-state index is 0.200. The van der Waals surface area contributed by atoms with E-state index in [1.54, 1.807) is 6.92 Å². The Balaban J connectivity index is 3.19. The summed E-state index contributed by atoms with van der Waals surface area (Å²) in [5.41, 5.74) is 0. The maximum absolute atomic E-state index is 8.64. The molecule has 0 aliphatic carbocycles. The van der Waals surface area contributed by atoms with E-state index in [1.807, 2.05) is 0 Å². The highest BCUT2D eigenvalue weighted by Crippen LogP contribution is 1.84. The van der Waals surface area contributed by atoms with Crippen LogP contribution < -0.4 is 0 Å². The average molecular weight is 114 g/mol. The number of hydrogen-bond acceptors (Lipinski definition) is 2. The Morgan fingerprint density at radius 1 is 1.62 bits per heavy atom. The zero-order chi connectivity index (χ0) is 6.41. The molecule has 0 amide bonds. The Morgan fingerprint density at radius 3 is 2.62 bits per heavy atom. The Labute approximate surface area is 49.2 Å². The highest BCUT2D eigenvalue weighted by molar-refractivity contribution is 4.96. The van der Waals surface area contributed by atoms with Crippen LogP contribution in [0.15, 0.2) is 0 Å². The van der Waals surface area contributed by atoms with E-state index in [1.165, 1.54) is 0 Å². The first-order valence-electron chi connectivity index (χ1n) is 2.49. The highest BCUT2D eigenvalue weighted by Gasteiger charge is 1.95. The van der Waals surface area contributed by atoms with Crippen molar-refractivity contribution < 1.29 is 10.2 Å². The van der Waals surface area contributed by atoms with Crippen molar-refractivity contribution in [2.45, 2.75) is 19.4 Å². The Hall–Kier alpha value is -0.520. The van der Waals surface area contributed by atoms with Crippen molar-refractivity contribution in [1.29, 1.82) is 0 Å². The van der Waals surface area contributed by atoms with Gasteiger partial charge in [0.05, 0.1) is 12.7 Å². The first-order valence-corrected chi connectivity index (χ1v) is 2.49. The molecule has 0 aliphatic heterocycles. The summed E-state index contributed by atoms with van der Waals surface area (Å²) in [5, 5.41) is 16.9. The van der Waals surface area contributed by atoms with E-state index in [0.29, 0.717) is 6.42 Å². The molecule has 0 bridgehead atoms. The van der Waals surface area contributed by atoms with Crippen molar-refractivity contribution in [3.63, 3.8) is 0 Å². The zero-order valence-corrected chi connectivity index (χ0v) is 4.89. The third kappa shape index (κ3) is 3.66. The van der Waals surface area contributed by atoms with Crippen molar-refractivity contribution in [3.05, 3.63) is 0 Å². The Morgan fingerprint density at radius 2 is 2.25 bits per heavy atom. The van der Waals surface area contributed by atoms with Gasteiger partial charge in [-0.05, 0) is 6.92 Å². The molecule has 1 unspecified atom stereocenters. The van der Waals surface area contributed by atoms with Crippen LogP contribution in [-0.2, 0) is 0 Å². The molecule has 2 N–H and O–H groups in total. The predicted octanol–water partition coefficient (Wildman–Crippen LogP) is -0.247. The van der Waals surface area contributed by atoms with Crippen molar-refractivity contribution >= 4 is 0 Å². The van der Waals surface area contributed by atoms with Crippen LogP contribution in [0.2, 0.25) is 0 Å². The molecule has 0 aromatic rings. The van der Waals surface area contributed by atoms with E-state index >= 15 is 0 Å². The van der Waals surface area contributed by atoms with Gasteiger partial charge in [-0.1, -0.05) is 0 Å². The normalized spacial score (nSPS) is 11.9. The predicted molar refractivity (Wildman–Crippen MR) is 31.2 cm³/mol. The standard InChI is InChI=1S/C6H10O2/c1-2-3-4-6(8)5-7/h6-8H,4-5H2,1H3. The van der Waals surface area contributed by atoms with Gasteiger partial charge in [0.25, 0.3) is 0 Å². The smallest absolute Gasteiger partial charge is 0.0879 e. The molecular weight excluding hydrogens is 104 g/mol. The molecule has 0 spiro atoms. The third-order valence-electron chi connectivity index (χ3n) is 0.725. The summed E-state index contributed by atoms with van der Waals surface area (Å²) in [5.74, 6) is 5.25. The summed E-state index contributed by atoms with van der Waals surface area (Å²) in [7, 11) is 0. The highest BCUT2D eigenvalue weighted by atomic mass is 16.3. The summed E-state index contributed by atoms with van der Waals surface area (Å²) >= 11 is 0. The zero-order valence-electron chi connectivity index (χ0n) is 4.89. The molecule has 0 heterocycles. The topological polar surface area (TPSA) is 40.5 Å².